The van der Waals surface area contributed by atoms with Crippen molar-refractivity contribution < 1.29 is 9.53 Å². The molecule has 56 valence electrons. The number of rotatable bonds is 1. The monoisotopic (exact) mass is 160 g/mol. The predicted octanol–water partition coefficient (Wildman–Crippen LogP) is 0.0821. The summed E-state index contributed by atoms with van der Waals surface area (Å²) in [5.74, 6) is -0.238. The normalized spacial score (nSPS) is 9.40. The van der Waals surface area contributed by atoms with Gasteiger partial charge in [0.15, 0.2) is 6.40 Å². The van der Waals surface area contributed by atoms with Crippen LogP contribution in [0.2, 0.25) is 0 Å². The van der Waals surface area contributed by atoms with Crippen LogP contribution in [0.1, 0.15) is 6.92 Å². The fraction of sp³-hybridized carbons (Fsp3) is 0.400. The zero-order valence-corrected chi connectivity index (χ0v) is 6.57. The quantitative estimate of drug-likeness (QED) is 0.336. The highest BCUT2D eigenvalue weighted by Crippen LogP contribution is 1.73. The van der Waals surface area contributed by atoms with Crippen LogP contribution in [0.3, 0.4) is 0 Å². The molecule has 5 heteroatoms. The lowest BCUT2D eigenvalue weighted by Gasteiger charge is -1.94. The van der Waals surface area contributed by atoms with Crippen molar-refractivity contribution in [2.75, 3.05) is 7.11 Å². The summed E-state index contributed by atoms with van der Waals surface area (Å²) in [5, 5.41) is 2.40. The Morgan fingerprint density at radius 1 is 1.80 bits per heavy atom. The van der Waals surface area contributed by atoms with Crippen molar-refractivity contribution in [2.45, 2.75) is 6.92 Å². The van der Waals surface area contributed by atoms with E-state index in [0.717, 1.165) is 6.40 Å². The lowest BCUT2D eigenvalue weighted by atomic mass is 10.7. The largest absolute Gasteiger partial charge is 0.486 e. The van der Waals surface area contributed by atoms with Gasteiger partial charge < -0.3 is 10.1 Å². The SMILES string of the molecule is CO/C=N\C(=S)NC(C)=O. The summed E-state index contributed by atoms with van der Waals surface area (Å²) in [5.41, 5.74) is 0. The number of nitrogens with zero attached hydrogens (tertiary/aromatic N) is 1. The number of carbonyl (C=O) groups excluding carboxylic acids is 1. The second kappa shape index (κ2) is 4.87. The first-order valence-electron chi connectivity index (χ1n) is 2.53. The van der Waals surface area contributed by atoms with Gasteiger partial charge >= 0.3 is 0 Å². The van der Waals surface area contributed by atoms with E-state index >= 15 is 0 Å². The number of aliphatic imine (C=N–C) groups is 1. The lowest BCUT2D eigenvalue weighted by molar-refractivity contribution is -0.117. The number of nitrogens with one attached hydrogen (secondary N) is 1. The number of amides is 1. The molecule has 4 nitrogen and oxygen atoms in total. The van der Waals surface area contributed by atoms with Crippen molar-refractivity contribution in [1.29, 1.82) is 0 Å². The Bertz CT molecular complexity index is 167. The van der Waals surface area contributed by atoms with Crippen molar-refractivity contribution in [1.82, 2.24) is 5.32 Å². The van der Waals surface area contributed by atoms with Gasteiger partial charge in [-0.25, -0.2) is 0 Å². The van der Waals surface area contributed by atoms with Gasteiger partial charge in [0.1, 0.15) is 0 Å². The van der Waals surface area contributed by atoms with Crippen LogP contribution in [0.25, 0.3) is 0 Å². The van der Waals surface area contributed by atoms with Crippen LogP contribution >= 0.6 is 12.2 Å². The molecular weight excluding hydrogens is 152 g/mol. The minimum Gasteiger partial charge on any atom is -0.486 e. The van der Waals surface area contributed by atoms with Crippen LogP contribution in [0, 0.1) is 0 Å². The van der Waals surface area contributed by atoms with E-state index in [1.807, 2.05) is 0 Å². The number of thiocarbonyl (C=S) groups is 1. The molecule has 1 amide bonds. The van der Waals surface area contributed by atoms with E-state index in [9.17, 15) is 4.79 Å². The van der Waals surface area contributed by atoms with Crippen LogP contribution in [-0.2, 0) is 9.53 Å². The Morgan fingerprint density at radius 3 is 2.80 bits per heavy atom. The van der Waals surface area contributed by atoms with Gasteiger partial charge in [0.2, 0.25) is 11.0 Å². The van der Waals surface area contributed by atoms with Crippen LogP contribution in [0.15, 0.2) is 4.99 Å². The summed E-state index contributed by atoms with van der Waals surface area (Å²) in [7, 11) is 1.44. The first kappa shape index (κ1) is 9.03. The van der Waals surface area contributed by atoms with Crippen molar-refractivity contribution in [2.24, 2.45) is 4.99 Å². The summed E-state index contributed by atoms with van der Waals surface area (Å²) in [4.78, 5) is 13.8. The van der Waals surface area contributed by atoms with E-state index in [1.54, 1.807) is 0 Å². The number of methoxy groups -OCH3 is 1. The summed E-state index contributed by atoms with van der Waals surface area (Å²) in [6.45, 7) is 1.36. The third kappa shape index (κ3) is 5.17. The van der Waals surface area contributed by atoms with Gasteiger partial charge in [-0.2, -0.15) is 4.99 Å². The van der Waals surface area contributed by atoms with Crippen molar-refractivity contribution in [3.8, 4) is 0 Å². The van der Waals surface area contributed by atoms with Crippen LogP contribution in [0.4, 0.5) is 0 Å². The molecule has 0 saturated carbocycles. The lowest BCUT2D eigenvalue weighted by Crippen LogP contribution is -2.24. The smallest absolute Gasteiger partial charge is 0.223 e. The van der Waals surface area contributed by atoms with Crippen LogP contribution in [0.5, 0.6) is 0 Å². The molecule has 0 aliphatic carbocycles. The number of ether oxygens (including phenoxy) is 1. The third-order valence-electron chi connectivity index (χ3n) is 0.558. The third-order valence-corrected chi connectivity index (χ3v) is 0.766. The van der Waals surface area contributed by atoms with Crippen LogP contribution < -0.4 is 5.32 Å². The Balaban J connectivity index is 3.64. The average Bonchev–Trinajstić information content (AvgIpc) is 1.82. The zero-order chi connectivity index (χ0) is 7.98. The van der Waals surface area contributed by atoms with Crippen molar-refractivity contribution in [3.05, 3.63) is 0 Å². The van der Waals surface area contributed by atoms with E-state index < -0.39 is 0 Å². The molecule has 0 heterocycles. The maximum atomic E-state index is 10.3. The average molecular weight is 160 g/mol. The van der Waals surface area contributed by atoms with Gasteiger partial charge in [0.05, 0.1) is 7.11 Å². The Labute approximate surface area is 64.3 Å². The molecule has 0 saturated heterocycles. The maximum absolute atomic E-state index is 10.3. The Kier molecular flexibility index (Phi) is 4.39. The van der Waals surface area contributed by atoms with E-state index in [0.29, 0.717) is 0 Å². The highest BCUT2D eigenvalue weighted by atomic mass is 32.1. The van der Waals surface area contributed by atoms with Gasteiger partial charge in [-0.15, -0.1) is 0 Å². The molecule has 0 aliphatic heterocycles. The number of carbonyl (C=O) groups is 1. The molecule has 0 aromatic rings. The molecule has 0 radical (unpaired) electrons. The van der Waals surface area contributed by atoms with Crippen LogP contribution in [-0.4, -0.2) is 24.5 Å². The van der Waals surface area contributed by atoms with Crippen molar-refractivity contribution in [3.63, 3.8) is 0 Å². The fourth-order valence-corrected chi connectivity index (χ4v) is 0.470. The summed E-state index contributed by atoms with van der Waals surface area (Å²) < 4.78 is 4.46. The Hall–Kier alpha value is -0.970. The molecular formula is C5H8N2O2S. The molecule has 0 aromatic heterocycles. The molecule has 0 unspecified atom stereocenters. The van der Waals surface area contributed by atoms with Gasteiger partial charge in [-0.1, -0.05) is 0 Å². The predicted molar refractivity (Wildman–Crippen MR) is 41.9 cm³/mol. The molecule has 10 heavy (non-hydrogen) atoms. The number of hydrogen-bond donors (Lipinski definition) is 1. The topological polar surface area (TPSA) is 50.7 Å². The van der Waals surface area contributed by atoms with Gasteiger partial charge in [-0.3, -0.25) is 4.79 Å². The first-order chi connectivity index (χ1) is 4.66. The minimum absolute atomic E-state index is 0.106. The highest BCUT2D eigenvalue weighted by molar-refractivity contribution is 7.80. The van der Waals surface area contributed by atoms with E-state index in [2.05, 4.69) is 27.3 Å². The molecule has 1 N–H and O–H groups in total. The summed E-state index contributed by atoms with van der Waals surface area (Å²) in [6, 6.07) is 0. The molecule has 0 aliphatic rings. The first-order valence-corrected chi connectivity index (χ1v) is 2.94. The summed E-state index contributed by atoms with van der Waals surface area (Å²) in [6.07, 6.45) is 1.15. The van der Waals surface area contributed by atoms with E-state index in [-0.39, 0.29) is 11.0 Å². The summed E-state index contributed by atoms with van der Waals surface area (Å²) >= 11 is 4.59. The standard InChI is InChI=1S/C5H8N2O2S/c1-4(8)7-5(10)6-3-9-2/h3H,1-2H3,(H,7,8,10)/b6-3-. The van der Waals surface area contributed by atoms with Gasteiger partial charge in [0, 0.05) is 6.92 Å². The minimum atomic E-state index is -0.238. The molecule has 0 bridgehead atoms. The second-order valence-corrected chi connectivity index (χ2v) is 1.84. The molecule has 0 rings (SSSR count). The molecule has 0 fully saturated rings. The van der Waals surface area contributed by atoms with E-state index in [1.165, 1.54) is 14.0 Å². The Morgan fingerprint density at radius 2 is 2.40 bits per heavy atom. The van der Waals surface area contributed by atoms with Crippen molar-refractivity contribution >= 4 is 29.6 Å². The molecule has 0 aromatic carbocycles. The van der Waals surface area contributed by atoms with Gasteiger partial charge in [-0.05, 0) is 12.2 Å². The maximum Gasteiger partial charge on any atom is 0.223 e. The highest BCUT2D eigenvalue weighted by Gasteiger charge is 1.92. The van der Waals surface area contributed by atoms with Gasteiger partial charge in [0.25, 0.3) is 0 Å². The fourth-order valence-electron chi connectivity index (χ4n) is 0.283. The molecule has 0 atom stereocenters. The zero-order valence-electron chi connectivity index (χ0n) is 5.75. The molecule has 0 spiro atoms. The number of hydrogen-bond acceptors (Lipinski definition) is 3. The van der Waals surface area contributed by atoms with E-state index in [4.69, 9.17) is 0 Å². The second-order valence-electron chi connectivity index (χ2n) is 1.46.